The van der Waals surface area contributed by atoms with Gasteiger partial charge in [0.2, 0.25) is 15.9 Å². The van der Waals surface area contributed by atoms with Gasteiger partial charge in [0.25, 0.3) is 0 Å². The molecule has 0 aliphatic carbocycles. The molecule has 1 fully saturated rings. The summed E-state index contributed by atoms with van der Waals surface area (Å²) in [5.74, 6) is -0.0543. The highest BCUT2D eigenvalue weighted by Gasteiger charge is 2.35. The minimum Gasteiger partial charge on any atom is -0.326 e. The fraction of sp³-hybridized carbons (Fsp3) is 0.588. The van der Waals surface area contributed by atoms with Crippen LogP contribution in [0, 0.1) is 0 Å². The Labute approximate surface area is 139 Å². The molecular weight excluding hydrogens is 312 g/mol. The van der Waals surface area contributed by atoms with Crippen LogP contribution in [-0.2, 0) is 14.8 Å². The molecule has 128 valence electrons. The highest BCUT2D eigenvalue weighted by atomic mass is 32.2. The predicted octanol–water partition coefficient (Wildman–Crippen LogP) is 3.38. The van der Waals surface area contributed by atoms with Crippen molar-refractivity contribution in [3.63, 3.8) is 0 Å². The van der Waals surface area contributed by atoms with Gasteiger partial charge in [0, 0.05) is 24.2 Å². The quantitative estimate of drug-likeness (QED) is 0.895. The average molecular weight is 338 g/mol. The van der Waals surface area contributed by atoms with Crippen LogP contribution in [0.15, 0.2) is 29.2 Å². The first-order valence-corrected chi connectivity index (χ1v) is 9.73. The summed E-state index contributed by atoms with van der Waals surface area (Å²) in [5, 5.41) is 2.77. The number of piperidine rings is 1. The Morgan fingerprint density at radius 1 is 1.17 bits per heavy atom. The molecule has 1 saturated heterocycles. The third kappa shape index (κ3) is 4.12. The molecule has 2 atom stereocenters. The van der Waals surface area contributed by atoms with Crippen LogP contribution in [0.4, 0.5) is 5.69 Å². The largest absolute Gasteiger partial charge is 0.326 e. The Morgan fingerprint density at radius 2 is 1.74 bits per heavy atom. The first-order valence-electron chi connectivity index (χ1n) is 8.29. The molecule has 0 spiro atoms. The number of hydrogen-bond acceptors (Lipinski definition) is 3. The van der Waals surface area contributed by atoms with E-state index in [9.17, 15) is 13.2 Å². The summed E-state index contributed by atoms with van der Waals surface area (Å²) < 4.78 is 27.4. The molecule has 5 nitrogen and oxygen atoms in total. The Hall–Kier alpha value is -1.40. The maximum absolute atomic E-state index is 12.9. The summed E-state index contributed by atoms with van der Waals surface area (Å²) in [5.41, 5.74) is 0.627. The van der Waals surface area contributed by atoms with Crippen molar-refractivity contribution in [3.8, 4) is 0 Å². The van der Waals surface area contributed by atoms with Crippen LogP contribution < -0.4 is 5.32 Å². The summed E-state index contributed by atoms with van der Waals surface area (Å²) in [7, 11) is -3.50. The summed E-state index contributed by atoms with van der Waals surface area (Å²) in [6.07, 6.45) is 4.10. The van der Waals surface area contributed by atoms with E-state index in [0.29, 0.717) is 12.1 Å². The highest BCUT2D eigenvalue weighted by Crippen LogP contribution is 2.29. The summed E-state index contributed by atoms with van der Waals surface area (Å²) in [6.45, 7) is 5.87. The third-order valence-corrected chi connectivity index (χ3v) is 6.45. The van der Waals surface area contributed by atoms with Crippen molar-refractivity contribution >= 4 is 21.6 Å². The Kier molecular flexibility index (Phi) is 5.81. The van der Waals surface area contributed by atoms with Gasteiger partial charge in [-0.3, -0.25) is 4.79 Å². The zero-order valence-electron chi connectivity index (χ0n) is 14.1. The molecule has 0 radical (unpaired) electrons. The standard InChI is InChI=1S/C17H26N2O3S/c1-4-6-17(20)18-15-9-11-16(12-10-15)23(21,22)19-13(2)7-5-8-14(19)3/h9-14H,4-8H2,1-3H3,(H,18,20)/t13-,14-/m0/s1. The van der Waals surface area contributed by atoms with E-state index in [2.05, 4.69) is 5.32 Å². The van der Waals surface area contributed by atoms with E-state index in [0.717, 1.165) is 25.7 Å². The lowest BCUT2D eigenvalue weighted by Crippen LogP contribution is -2.47. The lowest BCUT2D eigenvalue weighted by atomic mass is 10.0. The van der Waals surface area contributed by atoms with Gasteiger partial charge in [0.05, 0.1) is 4.90 Å². The van der Waals surface area contributed by atoms with Crippen molar-refractivity contribution in [2.75, 3.05) is 5.32 Å². The van der Waals surface area contributed by atoms with Gasteiger partial charge in [-0.25, -0.2) is 8.42 Å². The second-order valence-electron chi connectivity index (χ2n) is 6.29. The minimum absolute atomic E-state index is 0.0210. The van der Waals surface area contributed by atoms with Gasteiger partial charge >= 0.3 is 0 Å². The molecular formula is C17H26N2O3S. The lowest BCUT2D eigenvalue weighted by Gasteiger charge is -2.37. The number of benzene rings is 1. The van der Waals surface area contributed by atoms with Gasteiger partial charge in [-0.15, -0.1) is 0 Å². The van der Waals surface area contributed by atoms with Gasteiger partial charge < -0.3 is 5.32 Å². The molecule has 1 heterocycles. The maximum atomic E-state index is 12.9. The van der Waals surface area contributed by atoms with Crippen molar-refractivity contribution < 1.29 is 13.2 Å². The number of nitrogens with zero attached hydrogens (tertiary/aromatic N) is 1. The van der Waals surface area contributed by atoms with Crippen molar-refractivity contribution in [1.29, 1.82) is 0 Å². The molecule has 23 heavy (non-hydrogen) atoms. The van der Waals surface area contributed by atoms with Crippen LogP contribution in [0.25, 0.3) is 0 Å². The summed E-state index contributed by atoms with van der Waals surface area (Å²) in [6, 6.07) is 6.50. The fourth-order valence-corrected chi connectivity index (χ4v) is 5.04. The smallest absolute Gasteiger partial charge is 0.243 e. The van der Waals surface area contributed by atoms with E-state index in [-0.39, 0.29) is 22.9 Å². The van der Waals surface area contributed by atoms with Crippen LogP contribution in [-0.4, -0.2) is 30.7 Å². The Morgan fingerprint density at radius 3 is 2.26 bits per heavy atom. The first kappa shape index (κ1) is 17.9. The van der Waals surface area contributed by atoms with Crippen LogP contribution in [0.1, 0.15) is 52.9 Å². The number of sulfonamides is 1. The van der Waals surface area contributed by atoms with E-state index < -0.39 is 10.0 Å². The van der Waals surface area contributed by atoms with E-state index >= 15 is 0 Å². The number of amides is 1. The summed E-state index contributed by atoms with van der Waals surface area (Å²) in [4.78, 5) is 11.9. The monoisotopic (exact) mass is 338 g/mol. The lowest BCUT2D eigenvalue weighted by molar-refractivity contribution is -0.116. The molecule has 1 amide bonds. The maximum Gasteiger partial charge on any atom is 0.243 e. The van der Waals surface area contributed by atoms with Crippen molar-refractivity contribution in [2.24, 2.45) is 0 Å². The first-order chi connectivity index (χ1) is 10.9. The van der Waals surface area contributed by atoms with Crippen molar-refractivity contribution in [1.82, 2.24) is 4.31 Å². The minimum atomic E-state index is -3.50. The second kappa shape index (κ2) is 7.45. The molecule has 1 aromatic rings. The van der Waals surface area contributed by atoms with Crippen molar-refractivity contribution in [2.45, 2.75) is 69.9 Å². The number of rotatable bonds is 5. The highest BCUT2D eigenvalue weighted by molar-refractivity contribution is 7.89. The van der Waals surface area contributed by atoms with E-state index in [1.807, 2.05) is 20.8 Å². The summed E-state index contributed by atoms with van der Waals surface area (Å²) >= 11 is 0. The predicted molar refractivity (Wildman–Crippen MR) is 91.8 cm³/mol. The SMILES string of the molecule is CCCC(=O)Nc1ccc(S(=O)(=O)N2[C@@H](C)CCC[C@@H]2C)cc1. The van der Waals surface area contributed by atoms with Gasteiger partial charge in [-0.05, 0) is 57.4 Å². The molecule has 0 bridgehead atoms. The van der Waals surface area contributed by atoms with E-state index in [1.165, 1.54) is 0 Å². The molecule has 2 rings (SSSR count). The second-order valence-corrected chi connectivity index (χ2v) is 8.13. The molecule has 0 saturated carbocycles. The molecule has 1 aromatic carbocycles. The van der Waals surface area contributed by atoms with Crippen LogP contribution in [0.3, 0.4) is 0 Å². The van der Waals surface area contributed by atoms with Gasteiger partial charge in [0.1, 0.15) is 0 Å². The number of nitrogens with one attached hydrogen (secondary N) is 1. The third-order valence-electron chi connectivity index (χ3n) is 4.30. The van der Waals surface area contributed by atoms with Crippen molar-refractivity contribution in [3.05, 3.63) is 24.3 Å². The number of hydrogen-bond donors (Lipinski definition) is 1. The Bertz CT molecular complexity index is 630. The molecule has 1 aliphatic rings. The number of carbonyl (C=O) groups is 1. The molecule has 6 heteroatoms. The number of carbonyl (C=O) groups excluding carboxylic acids is 1. The zero-order chi connectivity index (χ0) is 17.0. The van der Waals surface area contributed by atoms with Crippen LogP contribution in [0.5, 0.6) is 0 Å². The van der Waals surface area contributed by atoms with E-state index in [1.54, 1.807) is 28.6 Å². The van der Waals surface area contributed by atoms with Crippen LogP contribution >= 0.6 is 0 Å². The fourth-order valence-electron chi connectivity index (χ4n) is 3.15. The molecule has 0 unspecified atom stereocenters. The molecule has 0 aromatic heterocycles. The van der Waals surface area contributed by atoms with Gasteiger partial charge in [0.15, 0.2) is 0 Å². The zero-order valence-corrected chi connectivity index (χ0v) is 14.9. The number of anilines is 1. The van der Waals surface area contributed by atoms with Crippen LogP contribution in [0.2, 0.25) is 0 Å². The molecule has 1 N–H and O–H groups in total. The van der Waals surface area contributed by atoms with Gasteiger partial charge in [-0.1, -0.05) is 13.3 Å². The topological polar surface area (TPSA) is 66.5 Å². The average Bonchev–Trinajstić information content (AvgIpc) is 2.47. The normalized spacial score (nSPS) is 22.7. The van der Waals surface area contributed by atoms with E-state index in [4.69, 9.17) is 0 Å². The molecule has 1 aliphatic heterocycles. The van der Waals surface area contributed by atoms with Gasteiger partial charge in [-0.2, -0.15) is 4.31 Å². The Balaban J connectivity index is 2.18.